The molecule has 0 saturated carbocycles. The van der Waals surface area contributed by atoms with Crippen LogP contribution in [0.5, 0.6) is 5.75 Å². The molecule has 0 spiro atoms. The van der Waals surface area contributed by atoms with Crippen molar-refractivity contribution in [1.82, 2.24) is 0 Å². The number of benzene rings is 2. The van der Waals surface area contributed by atoms with Crippen LogP contribution in [0.3, 0.4) is 0 Å². The first-order chi connectivity index (χ1) is 11.3. The lowest BCUT2D eigenvalue weighted by molar-refractivity contribution is -0.136. The number of alkyl halides is 3. The summed E-state index contributed by atoms with van der Waals surface area (Å²) >= 11 is 0. The van der Waals surface area contributed by atoms with Crippen molar-refractivity contribution in [2.45, 2.75) is 12.8 Å². The summed E-state index contributed by atoms with van der Waals surface area (Å²) in [6.45, 7) is 0.0203. The molecule has 0 bridgehead atoms. The summed E-state index contributed by atoms with van der Waals surface area (Å²) in [4.78, 5) is 11.3. The second kappa shape index (κ2) is 5.99. The van der Waals surface area contributed by atoms with E-state index >= 15 is 0 Å². The van der Waals surface area contributed by atoms with Crippen LogP contribution in [0.2, 0.25) is 0 Å². The van der Waals surface area contributed by atoms with E-state index in [0.717, 1.165) is 0 Å². The fourth-order valence-corrected chi connectivity index (χ4v) is 2.26. The van der Waals surface area contributed by atoms with Crippen molar-refractivity contribution in [1.29, 1.82) is 0 Å². The zero-order chi connectivity index (χ0) is 17.3. The molecule has 2 aromatic carbocycles. The molecule has 0 radical (unpaired) electrons. The first-order valence-corrected chi connectivity index (χ1v) is 6.85. The van der Waals surface area contributed by atoms with E-state index in [2.05, 4.69) is 0 Å². The van der Waals surface area contributed by atoms with Crippen LogP contribution in [-0.4, -0.2) is 0 Å². The van der Waals surface area contributed by atoms with Crippen molar-refractivity contribution in [3.8, 4) is 5.75 Å². The molecule has 24 heavy (non-hydrogen) atoms. The third kappa shape index (κ3) is 3.40. The van der Waals surface area contributed by atoms with E-state index in [0.29, 0.717) is 11.6 Å². The third-order valence-electron chi connectivity index (χ3n) is 3.32. The van der Waals surface area contributed by atoms with Crippen molar-refractivity contribution < 1.29 is 26.7 Å². The van der Waals surface area contributed by atoms with Gasteiger partial charge in [-0.1, -0.05) is 12.1 Å². The molecule has 3 nitrogen and oxygen atoms in total. The Morgan fingerprint density at radius 2 is 1.83 bits per heavy atom. The van der Waals surface area contributed by atoms with Gasteiger partial charge >= 0.3 is 11.8 Å². The highest BCUT2D eigenvalue weighted by molar-refractivity contribution is 5.82. The maximum atomic E-state index is 13.1. The summed E-state index contributed by atoms with van der Waals surface area (Å²) in [5, 5.41) is -0.236. The zero-order valence-corrected chi connectivity index (χ0v) is 12.1. The molecule has 0 amide bonds. The summed E-state index contributed by atoms with van der Waals surface area (Å²) in [6.07, 6.45) is -4.67. The van der Waals surface area contributed by atoms with Gasteiger partial charge < -0.3 is 9.15 Å². The second-order valence-corrected chi connectivity index (χ2v) is 5.05. The van der Waals surface area contributed by atoms with Crippen molar-refractivity contribution in [2.75, 3.05) is 0 Å². The van der Waals surface area contributed by atoms with Gasteiger partial charge in [0.25, 0.3) is 0 Å². The van der Waals surface area contributed by atoms with Crippen molar-refractivity contribution >= 4 is 11.0 Å². The van der Waals surface area contributed by atoms with Crippen LogP contribution in [0.15, 0.2) is 57.7 Å². The van der Waals surface area contributed by atoms with E-state index in [1.54, 1.807) is 6.07 Å². The Labute approximate surface area is 133 Å². The van der Waals surface area contributed by atoms with Gasteiger partial charge in [-0.2, -0.15) is 13.2 Å². The molecular formula is C17H10F4O3. The molecule has 0 aliphatic carbocycles. The predicted molar refractivity (Wildman–Crippen MR) is 78.2 cm³/mol. The molecule has 3 aromatic rings. The van der Waals surface area contributed by atoms with Gasteiger partial charge in [0.1, 0.15) is 23.8 Å². The lowest BCUT2D eigenvalue weighted by Crippen LogP contribution is -2.11. The van der Waals surface area contributed by atoms with Crippen LogP contribution in [0.4, 0.5) is 17.6 Å². The number of halogens is 4. The lowest BCUT2D eigenvalue weighted by Gasteiger charge is -2.11. The van der Waals surface area contributed by atoms with Crippen LogP contribution in [0.25, 0.3) is 11.0 Å². The van der Waals surface area contributed by atoms with Gasteiger partial charge in [-0.15, -0.1) is 0 Å². The normalized spacial score (nSPS) is 11.7. The van der Waals surface area contributed by atoms with Crippen molar-refractivity contribution in [3.05, 3.63) is 75.9 Å². The molecular weight excluding hydrogens is 328 g/mol. The van der Waals surface area contributed by atoms with Crippen LogP contribution in [0.1, 0.15) is 11.1 Å². The second-order valence-electron chi connectivity index (χ2n) is 5.05. The molecule has 0 N–H and O–H groups in total. The van der Waals surface area contributed by atoms with Crippen molar-refractivity contribution in [3.63, 3.8) is 0 Å². The highest BCUT2D eigenvalue weighted by atomic mass is 19.4. The Bertz CT molecular complexity index is 944. The molecule has 124 valence electrons. The van der Waals surface area contributed by atoms with E-state index in [1.165, 1.54) is 36.4 Å². The third-order valence-corrected chi connectivity index (χ3v) is 3.32. The first kappa shape index (κ1) is 16.0. The van der Waals surface area contributed by atoms with Gasteiger partial charge in [0.2, 0.25) is 0 Å². The quantitative estimate of drug-likeness (QED) is 0.520. The monoisotopic (exact) mass is 338 g/mol. The highest BCUT2D eigenvalue weighted by Gasteiger charge is 2.33. The number of fused-ring (bicyclic) bond motifs is 1. The number of hydrogen-bond donors (Lipinski definition) is 0. The van der Waals surface area contributed by atoms with E-state index in [1.807, 2.05) is 0 Å². The molecule has 0 aliphatic rings. The van der Waals surface area contributed by atoms with E-state index in [-0.39, 0.29) is 23.3 Å². The minimum Gasteiger partial charge on any atom is -0.489 e. The van der Waals surface area contributed by atoms with Gasteiger partial charge in [0, 0.05) is 17.5 Å². The molecule has 0 saturated heterocycles. The van der Waals surface area contributed by atoms with Gasteiger partial charge in [0.05, 0.1) is 5.56 Å². The largest absolute Gasteiger partial charge is 0.489 e. The topological polar surface area (TPSA) is 39.4 Å². The Morgan fingerprint density at radius 1 is 1.04 bits per heavy atom. The summed E-state index contributed by atoms with van der Waals surface area (Å²) in [5.41, 5.74) is -1.84. The number of rotatable bonds is 3. The van der Waals surface area contributed by atoms with Gasteiger partial charge in [-0.05, 0) is 29.8 Å². The van der Waals surface area contributed by atoms with Crippen LogP contribution >= 0.6 is 0 Å². The van der Waals surface area contributed by atoms with Crippen LogP contribution in [0, 0.1) is 5.82 Å². The molecule has 0 unspecified atom stereocenters. The molecule has 0 atom stereocenters. The molecule has 7 heteroatoms. The standard InChI is InChI=1S/C17H10F4O3/c18-11-3-1-2-10(6-11)9-23-12-4-5-13-14(17(19,20)21)8-16(22)24-15(13)7-12/h1-8H,9H2. The summed E-state index contributed by atoms with van der Waals surface area (Å²) in [7, 11) is 0. The Hall–Kier alpha value is -2.83. The van der Waals surface area contributed by atoms with Crippen LogP contribution < -0.4 is 10.4 Å². The van der Waals surface area contributed by atoms with Gasteiger partial charge in [-0.3, -0.25) is 0 Å². The summed E-state index contributed by atoms with van der Waals surface area (Å²) in [6, 6.07) is 9.84. The molecule has 1 heterocycles. The zero-order valence-electron chi connectivity index (χ0n) is 12.1. The van der Waals surface area contributed by atoms with E-state index in [4.69, 9.17) is 9.15 Å². The lowest BCUT2D eigenvalue weighted by atomic mass is 10.1. The Kier molecular flexibility index (Phi) is 4.01. The Balaban J connectivity index is 1.93. The Morgan fingerprint density at radius 3 is 2.54 bits per heavy atom. The van der Waals surface area contributed by atoms with Crippen molar-refractivity contribution in [2.24, 2.45) is 0 Å². The van der Waals surface area contributed by atoms with E-state index in [9.17, 15) is 22.4 Å². The molecule has 0 fully saturated rings. The molecule has 0 aliphatic heterocycles. The summed E-state index contributed by atoms with van der Waals surface area (Å²) in [5.74, 6) is -0.218. The minimum atomic E-state index is -4.67. The molecule has 1 aromatic heterocycles. The fraction of sp³-hybridized carbons (Fsp3) is 0.118. The van der Waals surface area contributed by atoms with Gasteiger partial charge in [-0.25, -0.2) is 9.18 Å². The first-order valence-electron chi connectivity index (χ1n) is 6.85. The average molecular weight is 338 g/mol. The fourth-order valence-electron chi connectivity index (χ4n) is 2.26. The number of ether oxygens (including phenoxy) is 1. The maximum absolute atomic E-state index is 13.1. The smallest absolute Gasteiger partial charge is 0.417 e. The predicted octanol–water partition coefficient (Wildman–Crippen LogP) is 4.53. The van der Waals surface area contributed by atoms with Crippen LogP contribution in [-0.2, 0) is 12.8 Å². The van der Waals surface area contributed by atoms with E-state index < -0.39 is 23.2 Å². The summed E-state index contributed by atoms with van der Waals surface area (Å²) < 4.78 is 62.2. The highest BCUT2D eigenvalue weighted by Crippen LogP contribution is 2.34. The van der Waals surface area contributed by atoms with Gasteiger partial charge in [0.15, 0.2) is 0 Å². The number of hydrogen-bond acceptors (Lipinski definition) is 3. The molecule has 3 rings (SSSR count). The maximum Gasteiger partial charge on any atom is 0.417 e. The average Bonchev–Trinajstić information content (AvgIpc) is 2.51. The minimum absolute atomic E-state index is 0.0203. The SMILES string of the molecule is O=c1cc(C(F)(F)F)c2ccc(OCc3cccc(F)c3)cc2o1.